The predicted octanol–water partition coefficient (Wildman–Crippen LogP) is 2.48. The summed E-state index contributed by atoms with van der Waals surface area (Å²) in [4.78, 5) is 59.8. The van der Waals surface area contributed by atoms with Crippen molar-refractivity contribution in [3.63, 3.8) is 0 Å². The van der Waals surface area contributed by atoms with Crippen molar-refractivity contribution in [1.29, 1.82) is 0 Å². The molecule has 0 aromatic heterocycles. The van der Waals surface area contributed by atoms with Crippen molar-refractivity contribution in [1.82, 2.24) is 16.0 Å². The Morgan fingerprint density at radius 3 is 2.14 bits per heavy atom. The standard InChI is InChI=1S/C24H41BrN4O6/c1-16(14-25)21(33)35-24(5,6)12-8-7-11-18(30)28-15-19(31)29-17(20(32)23(2,3)4)10-9-13-27-22(26)34/h17H,1,7-15H2,2-6H3,(H,28,30)(H,29,31)(H3,26,27,34)/t17-/m0/s1. The quantitative estimate of drug-likeness (QED) is 0.0982. The molecule has 5 N–H and O–H groups in total. The number of rotatable bonds is 16. The Morgan fingerprint density at radius 2 is 1.60 bits per heavy atom. The average molecular weight is 562 g/mol. The summed E-state index contributed by atoms with van der Waals surface area (Å²) in [5.74, 6) is -1.35. The van der Waals surface area contributed by atoms with Crippen LogP contribution in [-0.2, 0) is 23.9 Å². The van der Waals surface area contributed by atoms with E-state index in [1.54, 1.807) is 34.6 Å². The van der Waals surface area contributed by atoms with E-state index < -0.39 is 35.0 Å². The number of hydrogen-bond acceptors (Lipinski definition) is 6. The molecule has 0 saturated carbocycles. The van der Waals surface area contributed by atoms with Gasteiger partial charge in [0.25, 0.3) is 0 Å². The van der Waals surface area contributed by atoms with Crippen LogP contribution in [0.15, 0.2) is 12.2 Å². The van der Waals surface area contributed by atoms with Crippen LogP contribution in [0.1, 0.15) is 73.1 Å². The molecule has 4 amide bonds. The number of nitrogens with one attached hydrogen (secondary N) is 3. The van der Waals surface area contributed by atoms with Gasteiger partial charge in [-0.1, -0.05) is 43.3 Å². The minimum Gasteiger partial charge on any atom is -0.456 e. The van der Waals surface area contributed by atoms with Gasteiger partial charge in [-0.3, -0.25) is 14.4 Å². The highest BCUT2D eigenvalue weighted by molar-refractivity contribution is 9.09. The fourth-order valence-electron chi connectivity index (χ4n) is 3.09. The van der Waals surface area contributed by atoms with Crippen LogP contribution >= 0.6 is 15.9 Å². The second kappa shape index (κ2) is 15.5. The number of ketones is 1. The van der Waals surface area contributed by atoms with Crippen LogP contribution in [0.2, 0.25) is 0 Å². The van der Waals surface area contributed by atoms with Crippen molar-refractivity contribution in [2.75, 3.05) is 18.4 Å². The Kier molecular flexibility index (Phi) is 14.5. The van der Waals surface area contributed by atoms with Crippen LogP contribution < -0.4 is 21.7 Å². The summed E-state index contributed by atoms with van der Waals surface area (Å²) in [5.41, 5.74) is 4.03. The van der Waals surface area contributed by atoms with Gasteiger partial charge < -0.3 is 26.4 Å². The van der Waals surface area contributed by atoms with Gasteiger partial charge in [0, 0.05) is 29.3 Å². The monoisotopic (exact) mass is 560 g/mol. The number of carbonyl (C=O) groups excluding carboxylic acids is 5. The van der Waals surface area contributed by atoms with E-state index in [9.17, 15) is 24.0 Å². The molecule has 0 rings (SSSR count). The molecular weight excluding hydrogens is 520 g/mol. The van der Waals surface area contributed by atoms with Crippen molar-refractivity contribution in [2.45, 2.75) is 84.8 Å². The second-order valence-corrected chi connectivity index (χ2v) is 10.6. The first-order valence-corrected chi connectivity index (χ1v) is 12.8. The van der Waals surface area contributed by atoms with Crippen LogP contribution in [-0.4, -0.2) is 59.7 Å². The van der Waals surface area contributed by atoms with Gasteiger partial charge in [0.05, 0.1) is 12.6 Å². The molecule has 1 atom stereocenters. The zero-order valence-electron chi connectivity index (χ0n) is 21.6. The van der Waals surface area contributed by atoms with Gasteiger partial charge in [0.15, 0.2) is 5.78 Å². The number of nitrogens with two attached hydrogens (primary N) is 1. The van der Waals surface area contributed by atoms with Crippen molar-refractivity contribution >= 4 is 45.5 Å². The summed E-state index contributed by atoms with van der Waals surface area (Å²) in [6, 6.07) is -1.39. The molecule has 11 heteroatoms. The number of ether oxygens (including phenoxy) is 1. The largest absolute Gasteiger partial charge is 0.456 e. The highest BCUT2D eigenvalue weighted by Gasteiger charge is 2.30. The summed E-state index contributed by atoms with van der Waals surface area (Å²) < 4.78 is 5.43. The molecule has 0 aromatic carbocycles. The molecule has 200 valence electrons. The number of hydrogen-bond donors (Lipinski definition) is 4. The number of urea groups is 1. The molecule has 0 aliphatic rings. The maximum atomic E-state index is 12.7. The zero-order valence-corrected chi connectivity index (χ0v) is 23.1. The lowest BCUT2D eigenvalue weighted by Gasteiger charge is -2.25. The number of unbranched alkanes of at least 4 members (excludes halogenated alkanes) is 1. The van der Waals surface area contributed by atoms with Crippen LogP contribution in [0, 0.1) is 5.41 Å². The second-order valence-electron chi connectivity index (χ2n) is 10.0. The summed E-state index contributed by atoms with van der Waals surface area (Å²) in [6.45, 7) is 12.6. The van der Waals surface area contributed by atoms with Crippen molar-refractivity contribution in [3.8, 4) is 0 Å². The number of halogens is 1. The molecule has 0 radical (unpaired) electrons. The van der Waals surface area contributed by atoms with E-state index in [0.717, 1.165) is 0 Å². The average Bonchev–Trinajstić information content (AvgIpc) is 2.75. The lowest BCUT2D eigenvalue weighted by molar-refractivity contribution is -0.152. The van der Waals surface area contributed by atoms with Crippen LogP contribution in [0.4, 0.5) is 4.79 Å². The molecule has 0 fully saturated rings. The molecule has 35 heavy (non-hydrogen) atoms. The summed E-state index contributed by atoms with van der Waals surface area (Å²) in [6.07, 6.45) is 2.79. The topological polar surface area (TPSA) is 157 Å². The molecule has 0 bridgehead atoms. The van der Waals surface area contributed by atoms with Crippen molar-refractivity contribution in [2.24, 2.45) is 11.1 Å². The first-order chi connectivity index (χ1) is 16.1. The van der Waals surface area contributed by atoms with E-state index in [1.165, 1.54) is 0 Å². The summed E-state index contributed by atoms with van der Waals surface area (Å²) >= 11 is 3.17. The third-order valence-corrected chi connectivity index (χ3v) is 5.73. The SMILES string of the molecule is C=C(CBr)C(=O)OC(C)(C)CCCCC(=O)NCC(=O)N[C@@H](CCCNC(N)=O)C(=O)C(C)(C)C. The fraction of sp³-hybridized carbons (Fsp3) is 0.708. The number of carbonyl (C=O) groups is 5. The molecule has 0 heterocycles. The van der Waals surface area contributed by atoms with Gasteiger partial charge in [0.2, 0.25) is 11.8 Å². The predicted molar refractivity (Wildman–Crippen MR) is 138 cm³/mol. The molecule has 0 saturated heterocycles. The molecule has 0 aromatic rings. The highest BCUT2D eigenvalue weighted by Crippen LogP contribution is 2.21. The van der Waals surface area contributed by atoms with Crippen molar-refractivity contribution in [3.05, 3.63) is 12.2 Å². The van der Waals surface area contributed by atoms with Gasteiger partial charge in [-0.2, -0.15) is 0 Å². The fourth-order valence-corrected chi connectivity index (χ4v) is 3.32. The third-order valence-electron chi connectivity index (χ3n) is 5.06. The number of amides is 4. The van der Waals surface area contributed by atoms with E-state index in [-0.39, 0.29) is 31.2 Å². The molecule has 10 nitrogen and oxygen atoms in total. The first kappa shape index (κ1) is 32.6. The van der Waals surface area contributed by atoms with Crippen LogP contribution in [0.3, 0.4) is 0 Å². The normalized spacial score (nSPS) is 12.3. The maximum Gasteiger partial charge on any atom is 0.334 e. The van der Waals surface area contributed by atoms with Crippen LogP contribution in [0.25, 0.3) is 0 Å². The molecule has 0 aliphatic carbocycles. The Labute approximate surface area is 216 Å². The Morgan fingerprint density at radius 1 is 0.971 bits per heavy atom. The number of esters is 1. The van der Waals surface area contributed by atoms with Gasteiger partial charge >= 0.3 is 12.0 Å². The summed E-state index contributed by atoms with van der Waals surface area (Å²) in [7, 11) is 0. The number of alkyl halides is 1. The van der Waals surface area contributed by atoms with E-state index in [4.69, 9.17) is 10.5 Å². The van der Waals surface area contributed by atoms with E-state index in [1.807, 2.05) is 0 Å². The van der Waals surface area contributed by atoms with E-state index in [0.29, 0.717) is 43.0 Å². The highest BCUT2D eigenvalue weighted by atomic mass is 79.9. The smallest absolute Gasteiger partial charge is 0.334 e. The zero-order chi connectivity index (χ0) is 27.2. The molecule has 0 unspecified atom stereocenters. The number of Topliss-reactive ketones (excluding diaryl/α,β-unsaturated/α-hetero) is 1. The lowest BCUT2D eigenvalue weighted by Crippen LogP contribution is -2.49. The lowest BCUT2D eigenvalue weighted by atomic mass is 9.85. The maximum absolute atomic E-state index is 12.7. The van der Waals surface area contributed by atoms with Crippen molar-refractivity contribution < 1.29 is 28.7 Å². The minimum absolute atomic E-state index is 0.140. The van der Waals surface area contributed by atoms with Gasteiger partial charge in [-0.15, -0.1) is 0 Å². The number of primary amides is 1. The first-order valence-electron chi connectivity index (χ1n) is 11.7. The molecule has 0 aliphatic heterocycles. The van der Waals surface area contributed by atoms with Gasteiger partial charge in [0.1, 0.15) is 5.60 Å². The van der Waals surface area contributed by atoms with Gasteiger partial charge in [-0.05, 0) is 46.0 Å². The Bertz CT molecular complexity index is 776. The molecular formula is C24H41BrN4O6. The van der Waals surface area contributed by atoms with Crippen LogP contribution in [0.5, 0.6) is 0 Å². The van der Waals surface area contributed by atoms with Gasteiger partial charge in [-0.25, -0.2) is 9.59 Å². The summed E-state index contributed by atoms with van der Waals surface area (Å²) in [5, 5.41) is 8.03. The molecule has 0 spiro atoms. The minimum atomic E-state index is -0.736. The van der Waals surface area contributed by atoms with E-state index in [2.05, 4.69) is 38.5 Å². The Balaban J connectivity index is 4.48. The van der Waals surface area contributed by atoms with E-state index >= 15 is 0 Å². The Hall–Kier alpha value is -2.43. The third kappa shape index (κ3) is 15.2.